The van der Waals surface area contributed by atoms with Gasteiger partial charge in [-0.2, -0.15) is 0 Å². The maximum atomic E-state index is 12.4. The zero-order chi connectivity index (χ0) is 15.0. The highest BCUT2D eigenvalue weighted by atomic mass is 79.9. The lowest BCUT2D eigenvalue weighted by Gasteiger charge is -2.07. The first-order chi connectivity index (χ1) is 10.1. The number of ketones is 1. The number of aromatic nitrogens is 2. The Kier molecular flexibility index (Phi) is 3.64. The van der Waals surface area contributed by atoms with Gasteiger partial charge in [0.15, 0.2) is 5.78 Å². The average Bonchev–Trinajstić information content (AvgIpc) is 2.82. The fourth-order valence-electron chi connectivity index (χ4n) is 2.37. The third-order valence-electron chi connectivity index (χ3n) is 3.72. The van der Waals surface area contributed by atoms with E-state index in [1.165, 1.54) is 11.1 Å². The zero-order valence-electron chi connectivity index (χ0n) is 11.9. The molecule has 21 heavy (non-hydrogen) atoms. The van der Waals surface area contributed by atoms with Crippen molar-refractivity contribution in [2.24, 2.45) is 0 Å². The maximum absolute atomic E-state index is 12.4. The number of fused-ring (bicyclic) bond motifs is 1. The van der Waals surface area contributed by atoms with Crippen LogP contribution < -0.4 is 0 Å². The Morgan fingerprint density at radius 2 is 1.90 bits per heavy atom. The Balaban J connectivity index is 1.97. The minimum Gasteiger partial charge on any atom is -0.323 e. The molecule has 0 N–H and O–H groups in total. The van der Waals surface area contributed by atoms with Gasteiger partial charge >= 0.3 is 0 Å². The summed E-state index contributed by atoms with van der Waals surface area (Å²) in [6, 6.07) is 11.6. The topological polar surface area (TPSA) is 34.9 Å². The number of Topliss-reactive ketones (excluding diaryl/α,β-unsaturated/α-hetero) is 1. The van der Waals surface area contributed by atoms with Crippen LogP contribution in [0.25, 0.3) is 11.0 Å². The van der Waals surface area contributed by atoms with Gasteiger partial charge in [0.1, 0.15) is 0 Å². The van der Waals surface area contributed by atoms with Crippen molar-refractivity contribution < 1.29 is 4.79 Å². The van der Waals surface area contributed by atoms with Crippen molar-refractivity contribution in [1.29, 1.82) is 0 Å². The van der Waals surface area contributed by atoms with Crippen molar-refractivity contribution in [3.63, 3.8) is 0 Å². The Morgan fingerprint density at radius 1 is 1.19 bits per heavy atom. The predicted molar refractivity (Wildman–Crippen MR) is 87.7 cm³/mol. The number of carbonyl (C=O) groups excluding carboxylic acids is 1. The van der Waals surface area contributed by atoms with Crippen molar-refractivity contribution in [3.8, 4) is 0 Å². The number of benzene rings is 2. The molecule has 3 aromatic rings. The standard InChI is InChI=1S/C17H15BrN2O/c1-11-7-15-16(8-12(11)2)20(10-19-15)9-17(21)13-5-3-4-6-14(13)18/h3-8,10H,9H2,1-2H3. The van der Waals surface area contributed by atoms with Crippen LogP contribution in [0.4, 0.5) is 0 Å². The van der Waals surface area contributed by atoms with Gasteiger partial charge in [0, 0.05) is 10.0 Å². The number of carbonyl (C=O) groups is 1. The monoisotopic (exact) mass is 342 g/mol. The molecule has 2 aromatic carbocycles. The smallest absolute Gasteiger partial charge is 0.183 e. The van der Waals surface area contributed by atoms with Crippen LogP contribution in [0.15, 0.2) is 47.2 Å². The van der Waals surface area contributed by atoms with Gasteiger partial charge in [0.05, 0.1) is 23.9 Å². The highest BCUT2D eigenvalue weighted by molar-refractivity contribution is 9.10. The molecule has 0 spiro atoms. The molecule has 0 saturated carbocycles. The lowest BCUT2D eigenvalue weighted by molar-refractivity contribution is 0.0972. The molecule has 106 valence electrons. The van der Waals surface area contributed by atoms with Gasteiger partial charge in [-0.1, -0.05) is 34.1 Å². The summed E-state index contributed by atoms with van der Waals surface area (Å²) in [5.74, 6) is 0.0694. The second kappa shape index (κ2) is 5.45. The fraction of sp³-hybridized carbons (Fsp3) is 0.176. The summed E-state index contributed by atoms with van der Waals surface area (Å²) in [5.41, 5.74) is 5.04. The Bertz CT molecular complexity index is 836. The van der Waals surface area contributed by atoms with Gasteiger partial charge in [0.25, 0.3) is 0 Å². The summed E-state index contributed by atoms with van der Waals surface area (Å²) in [6.07, 6.45) is 1.73. The first-order valence-corrected chi connectivity index (χ1v) is 7.55. The van der Waals surface area contributed by atoms with E-state index < -0.39 is 0 Å². The van der Waals surface area contributed by atoms with E-state index >= 15 is 0 Å². The first kappa shape index (κ1) is 14.0. The highest BCUT2D eigenvalue weighted by Crippen LogP contribution is 2.21. The van der Waals surface area contributed by atoms with Gasteiger partial charge in [-0.25, -0.2) is 4.98 Å². The number of nitrogens with zero attached hydrogens (tertiary/aromatic N) is 2. The number of hydrogen-bond donors (Lipinski definition) is 0. The average molecular weight is 343 g/mol. The number of aryl methyl sites for hydroxylation is 2. The van der Waals surface area contributed by atoms with Crippen molar-refractivity contribution in [2.75, 3.05) is 0 Å². The minimum absolute atomic E-state index is 0.0694. The van der Waals surface area contributed by atoms with E-state index in [0.29, 0.717) is 12.1 Å². The largest absolute Gasteiger partial charge is 0.323 e. The first-order valence-electron chi connectivity index (χ1n) is 6.76. The SMILES string of the molecule is Cc1cc2ncn(CC(=O)c3ccccc3Br)c2cc1C. The molecule has 0 saturated heterocycles. The summed E-state index contributed by atoms with van der Waals surface area (Å²) in [6.45, 7) is 4.43. The van der Waals surface area contributed by atoms with Crippen LogP contribution in [0, 0.1) is 13.8 Å². The van der Waals surface area contributed by atoms with E-state index in [0.717, 1.165) is 15.5 Å². The molecule has 0 aliphatic heterocycles. The van der Waals surface area contributed by atoms with Crippen molar-refractivity contribution in [1.82, 2.24) is 9.55 Å². The Hall–Kier alpha value is -1.94. The van der Waals surface area contributed by atoms with Crippen molar-refractivity contribution >= 4 is 32.7 Å². The van der Waals surface area contributed by atoms with Gasteiger partial charge in [0.2, 0.25) is 0 Å². The van der Waals surface area contributed by atoms with Crippen molar-refractivity contribution in [2.45, 2.75) is 20.4 Å². The summed E-state index contributed by atoms with van der Waals surface area (Å²) in [7, 11) is 0. The summed E-state index contributed by atoms with van der Waals surface area (Å²) >= 11 is 3.43. The van der Waals surface area contributed by atoms with Gasteiger partial charge in [-0.05, 0) is 43.2 Å². The second-order valence-corrected chi connectivity index (χ2v) is 6.06. The molecule has 0 aliphatic carbocycles. The quantitative estimate of drug-likeness (QED) is 0.665. The molecule has 0 aliphatic rings. The third-order valence-corrected chi connectivity index (χ3v) is 4.42. The normalized spacial score (nSPS) is 11.0. The van der Waals surface area contributed by atoms with E-state index in [2.05, 4.69) is 46.9 Å². The van der Waals surface area contributed by atoms with E-state index in [-0.39, 0.29) is 5.78 Å². The van der Waals surface area contributed by atoms with E-state index in [9.17, 15) is 4.79 Å². The Labute approximate surface area is 131 Å². The molecular weight excluding hydrogens is 328 g/mol. The van der Waals surface area contributed by atoms with Gasteiger partial charge in [-0.3, -0.25) is 4.79 Å². The predicted octanol–water partition coefficient (Wildman–Crippen LogP) is 4.30. The molecule has 0 bridgehead atoms. The highest BCUT2D eigenvalue weighted by Gasteiger charge is 2.12. The van der Waals surface area contributed by atoms with Crippen LogP contribution in [0.1, 0.15) is 21.5 Å². The van der Waals surface area contributed by atoms with E-state index in [1.807, 2.05) is 28.8 Å². The molecule has 0 atom stereocenters. The molecule has 0 fully saturated rings. The van der Waals surface area contributed by atoms with Crippen molar-refractivity contribution in [3.05, 3.63) is 63.9 Å². The molecule has 3 nitrogen and oxygen atoms in total. The van der Waals surface area contributed by atoms with Gasteiger partial charge in [-0.15, -0.1) is 0 Å². The van der Waals surface area contributed by atoms with Crippen LogP contribution in [-0.4, -0.2) is 15.3 Å². The fourth-order valence-corrected chi connectivity index (χ4v) is 2.87. The summed E-state index contributed by atoms with van der Waals surface area (Å²) in [4.78, 5) is 16.8. The number of halogens is 1. The second-order valence-electron chi connectivity index (χ2n) is 5.20. The number of imidazole rings is 1. The lowest BCUT2D eigenvalue weighted by Crippen LogP contribution is -2.10. The molecule has 0 amide bonds. The van der Waals surface area contributed by atoms with Crippen LogP contribution in [0.3, 0.4) is 0 Å². The molecular formula is C17H15BrN2O. The van der Waals surface area contributed by atoms with Gasteiger partial charge < -0.3 is 4.57 Å². The molecule has 0 unspecified atom stereocenters. The molecule has 1 heterocycles. The maximum Gasteiger partial charge on any atom is 0.183 e. The minimum atomic E-state index is 0.0694. The van der Waals surface area contributed by atoms with E-state index in [4.69, 9.17) is 0 Å². The van der Waals surface area contributed by atoms with Crippen LogP contribution in [0.2, 0.25) is 0 Å². The molecule has 4 heteroatoms. The summed E-state index contributed by atoms with van der Waals surface area (Å²) in [5, 5.41) is 0. The lowest BCUT2D eigenvalue weighted by atomic mass is 10.1. The number of hydrogen-bond acceptors (Lipinski definition) is 2. The number of rotatable bonds is 3. The van der Waals surface area contributed by atoms with Crippen LogP contribution >= 0.6 is 15.9 Å². The third kappa shape index (κ3) is 2.63. The molecule has 1 aromatic heterocycles. The zero-order valence-corrected chi connectivity index (χ0v) is 13.5. The van der Waals surface area contributed by atoms with Crippen LogP contribution in [0.5, 0.6) is 0 Å². The van der Waals surface area contributed by atoms with Crippen LogP contribution in [-0.2, 0) is 6.54 Å². The molecule has 0 radical (unpaired) electrons. The summed E-state index contributed by atoms with van der Waals surface area (Å²) < 4.78 is 2.73. The Morgan fingerprint density at radius 3 is 2.67 bits per heavy atom. The van der Waals surface area contributed by atoms with E-state index in [1.54, 1.807) is 6.33 Å². The molecule has 3 rings (SSSR count).